The van der Waals surface area contributed by atoms with Gasteiger partial charge in [-0.3, -0.25) is 0 Å². The molecule has 0 bridgehead atoms. The molecule has 0 fully saturated rings. The minimum atomic E-state index is 0.290. The van der Waals surface area contributed by atoms with Gasteiger partial charge in [-0.05, 0) is 31.5 Å². The standard InChI is InChI=1S/C18H29NO/c1-4-5-6-7-10-14(2)20-17-13-15-11-8-9-12-16(15)18(17)19-3/h8-9,11-12,14,17-19H,4-7,10,13H2,1-3H3. The van der Waals surface area contributed by atoms with Crippen molar-refractivity contribution in [3.8, 4) is 0 Å². The van der Waals surface area contributed by atoms with Crippen molar-refractivity contribution < 1.29 is 4.74 Å². The summed E-state index contributed by atoms with van der Waals surface area (Å²) in [6.07, 6.45) is 8.16. The molecule has 112 valence electrons. The van der Waals surface area contributed by atoms with E-state index in [-0.39, 0.29) is 0 Å². The van der Waals surface area contributed by atoms with Gasteiger partial charge in [-0.2, -0.15) is 0 Å². The van der Waals surface area contributed by atoms with E-state index >= 15 is 0 Å². The topological polar surface area (TPSA) is 21.3 Å². The van der Waals surface area contributed by atoms with Crippen molar-refractivity contribution in [3.63, 3.8) is 0 Å². The highest BCUT2D eigenvalue weighted by Gasteiger charge is 2.32. The number of rotatable bonds is 8. The van der Waals surface area contributed by atoms with Crippen molar-refractivity contribution in [2.24, 2.45) is 0 Å². The molecule has 0 saturated heterocycles. The normalized spacial score (nSPS) is 22.8. The number of nitrogens with one attached hydrogen (secondary N) is 1. The SMILES string of the molecule is CCCCCCC(C)OC1Cc2ccccc2C1NC. The first-order valence-electron chi connectivity index (χ1n) is 8.16. The third-order valence-electron chi connectivity index (χ3n) is 4.37. The molecule has 0 heterocycles. The Morgan fingerprint density at radius 1 is 1.25 bits per heavy atom. The lowest BCUT2D eigenvalue weighted by molar-refractivity contribution is -0.0194. The second-order valence-corrected chi connectivity index (χ2v) is 6.00. The minimum absolute atomic E-state index is 0.290. The van der Waals surface area contributed by atoms with Crippen molar-refractivity contribution in [3.05, 3.63) is 35.4 Å². The molecule has 1 aromatic rings. The molecule has 20 heavy (non-hydrogen) atoms. The summed E-state index contributed by atoms with van der Waals surface area (Å²) in [6, 6.07) is 9.06. The van der Waals surface area contributed by atoms with E-state index in [0.29, 0.717) is 18.2 Å². The van der Waals surface area contributed by atoms with Crippen LogP contribution in [0.5, 0.6) is 0 Å². The Hall–Kier alpha value is -0.860. The van der Waals surface area contributed by atoms with Gasteiger partial charge in [-0.1, -0.05) is 56.9 Å². The Kier molecular flexibility index (Phi) is 6.06. The van der Waals surface area contributed by atoms with Gasteiger partial charge in [0, 0.05) is 6.42 Å². The van der Waals surface area contributed by atoms with Crippen LogP contribution < -0.4 is 5.32 Å². The molecule has 3 atom stereocenters. The van der Waals surface area contributed by atoms with Crippen molar-refractivity contribution in [2.75, 3.05) is 7.05 Å². The molecule has 0 spiro atoms. The van der Waals surface area contributed by atoms with Crippen LogP contribution in [0.1, 0.15) is 63.1 Å². The molecule has 1 N–H and O–H groups in total. The highest BCUT2D eigenvalue weighted by Crippen LogP contribution is 2.33. The second kappa shape index (κ2) is 7.80. The van der Waals surface area contributed by atoms with Crippen molar-refractivity contribution in [1.82, 2.24) is 5.32 Å². The molecule has 0 aromatic heterocycles. The number of fused-ring (bicyclic) bond motifs is 1. The van der Waals surface area contributed by atoms with Crippen molar-refractivity contribution in [2.45, 2.75) is 70.6 Å². The van der Waals surface area contributed by atoms with Crippen LogP contribution >= 0.6 is 0 Å². The van der Waals surface area contributed by atoms with E-state index in [9.17, 15) is 0 Å². The zero-order chi connectivity index (χ0) is 14.4. The number of hydrogen-bond acceptors (Lipinski definition) is 2. The summed E-state index contributed by atoms with van der Waals surface area (Å²) in [5.74, 6) is 0. The van der Waals surface area contributed by atoms with Gasteiger partial charge >= 0.3 is 0 Å². The lowest BCUT2D eigenvalue weighted by Crippen LogP contribution is -2.31. The van der Waals surface area contributed by atoms with E-state index in [1.54, 1.807) is 0 Å². The Morgan fingerprint density at radius 2 is 2.05 bits per heavy atom. The van der Waals surface area contributed by atoms with Crippen LogP contribution in [0.15, 0.2) is 24.3 Å². The van der Waals surface area contributed by atoms with Gasteiger partial charge in [-0.25, -0.2) is 0 Å². The number of benzene rings is 1. The maximum absolute atomic E-state index is 6.31. The number of unbranched alkanes of at least 4 members (excludes halogenated alkanes) is 3. The molecule has 1 aliphatic rings. The van der Waals surface area contributed by atoms with Crippen LogP contribution in [0.2, 0.25) is 0 Å². The molecular formula is C18H29NO. The molecule has 0 amide bonds. The first-order chi connectivity index (χ1) is 9.76. The Labute approximate surface area is 123 Å². The molecule has 2 rings (SSSR count). The Morgan fingerprint density at radius 3 is 2.80 bits per heavy atom. The fraction of sp³-hybridized carbons (Fsp3) is 0.667. The van der Waals surface area contributed by atoms with Crippen LogP contribution in [0, 0.1) is 0 Å². The maximum Gasteiger partial charge on any atom is 0.0813 e. The average Bonchev–Trinajstić information content (AvgIpc) is 2.80. The summed E-state index contributed by atoms with van der Waals surface area (Å²) < 4.78 is 6.31. The second-order valence-electron chi connectivity index (χ2n) is 6.00. The highest BCUT2D eigenvalue weighted by atomic mass is 16.5. The predicted molar refractivity (Wildman–Crippen MR) is 85.0 cm³/mol. The van der Waals surface area contributed by atoms with Crippen LogP contribution in [0.3, 0.4) is 0 Å². The summed E-state index contributed by atoms with van der Waals surface area (Å²) >= 11 is 0. The molecular weight excluding hydrogens is 246 g/mol. The minimum Gasteiger partial charge on any atom is -0.373 e. The van der Waals surface area contributed by atoms with E-state index in [1.807, 2.05) is 7.05 Å². The van der Waals surface area contributed by atoms with Gasteiger partial charge in [0.2, 0.25) is 0 Å². The Bertz CT molecular complexity index is 404. The highest BCUT2D eigenvalue weighted by molar-refractivity contribution is 5.36. The number of ether oxygens (including phenoxy) is 1. The fourth-order valence-corrected chi connectivity index (χ4v) is 3.25. The molecule has 0 aliphatic heterocycles. The van der Waals surface area contributed by atoms with Crippen LogP contribution in [0.4, 0.5) is 0 Å². The first kappa shape index (κ1) is 15.5. The maximum atomic E-state index is 6.31. The molecule has 1 aromatic carbocycles. The van der Waals surface area contributed by atoms with Gasteiger partial charge in [0.25, 0.3) is 0 Å². The van der Waals surface area contributed by atoms with Crippen LogP contribution in [0.25, 0.3) is 0 Å². The van der Waals surface area contributed by atoms with Gasteiger partial charge in [0.15, 0.2) is 0 Å². The largest absolute Gasteiger partial charge is 0.373 e. The van der Waals surface area contributed by atoms with Gasteiger partial charge in [0.05, 0.1) is 18.2 Å². The summed E-state index contributed by atoms with van der Waals surface area (Å²) in [5.41, 5.74) is 2.85. The monoisotopic (exact) mass is 275 g/mol. The smallest absolute Gasteiger partial charge is 0.0813 e. The summed E-state index contributed by atoms with van der Waals surface area (Å²) in [5, 5.41) is 3.43. The third kappa shape index (κ3) is 3.83. The molecule has 2 heteroatoms. The fourth-order valence-electron chi connectivity index (χ4n) is 3.25. The van der Waals surface area contributed by atoms with Crippen molar-refractivity contribution >= 4 is 0 Å². The Balaban J connectivity index is 1.84. The quantitative estimate of drug-likeness (QED) is 0.716. The third-order valence-corrected chi connectivity index (χ3v) is 4.37. The summed E-state index contributed by atoms with van der Waals surface area (Å²) in [6.45, 7) is 4.48. The van der Waals surface area contributed by atoms with Crippen LogP contribution in [-0.4, -0.2) is 19.3 Å². The van der Waals surface area contributed by atoms with E-state index in [2.05, 4.69) is 43.4 Å². The molecule has 0 radical (unpaired) electrons. The zero-order valence-electron chi connectivity index (χ0n) is 13.2. The van der Waals surface area contributed by atoms with Gasteiger partial charge < -0.3 is 10.1 Å². The number of likely N-dealkylation sites (N-methyl/N-ethyl adjacent to an activating group) is 1. The van der Waals surface area contributed by atoms with E-state index < -0.39 is 0 Å². The molecule has 3 unspecified atom stereocenters. The molecule has 0 saturated carbocycles. The van der Waals surface area contributed by atoms with E-state index in [1.165, 1.54) is 43.2 Å². The lowest BCUT2D eigenvalue weighted by Gasteiger charge is -2.24. The van der Waals surface area contributed by atoms with Gasteiger partial charge in [0.1, 0.15) is 0 Å². The zero-order valence-corrected chi connectivity index (χ0v) is 13.2. The van der Waals surface area contributed by atoms with Crippen molar-refractivity contribution in [1.29, 1.82) is 0 Å². The molecule has 2 nitrogen and oxygen atoms in total. The summed E-state index contributed by atoms with van der Waals surface area (Å²) in [7, 11) is 2.04. The first-order valence-corrected chi connectivity index (χ1v) is 8.16. The lowest BCUT2D eigenvalue weighted by atomic mass is 10.1. The average molecular weight is 275 g/mol. The van der Waals surface area contributed by atoms with Crippen LogP contribution in [-0.2, 0) is 11.2 Å². The van der Waals surface area contributed by atoms with E-state index in [0.717, 1.165) is 6.42 Å². The molecule has 1 aliphatic carbocycles. The predicted octanol–water partition coefficient (Wildman–Crippen LogP) is 4.25. The number of hydrogen-bond donors (Lipinski definition) is 1. The summed E-state index contributed by atoms with van der Waals surface area (Å²) in [4.78, 5) is 0. The van der Waals surface area contributed by atoms with Gasteiger partial charge in [-0.15, -0.1) is 0 Å². The van der Waals surface area contributed by atoms with E-state index in [4.69, 9.17) is 4.74 Å².